The summed E-state index contributed by atoms with van der Waals surface area (Å²) in [7, 11) is 0. The molecule has 1 aliphatic heterocycles. The molecule has 1 aromatic heterocycles. The van der Waals surface area contributed by atoms with Gasteiger partial charge in [-0.15, -0.1) is 0 Å². The van der Waals surface area contributed by atoms with Crippen molar-refractivity contribution in [2.45, 2.75) is 26.3 Å². The molecule has 5 nitrogen and oxygen atoms in total. The largest absolute Gasteiger partial charge is 0.451 e. The molecule has 1 atom stereocenters. The second-order valence-corrected chi connectivity index (χ2v) is 6.22. The van der Waals surface area contributed by atoms with Gasteiger partial charge in [0.1, 0.15) is 5.58 Å². The second kappa shape index (κ2) is 6.72. The van der Waals surface area contributed by atoms with Crippen molar-refractivity contribution in [1.29, 1.82) is 0 Å². The summed E-state index contributed by atoms with van der Waals surface area (Å²) in [5, 5.41) is 10.4. The maximum absolute atomic E-state index is 12.6. The first-order valence-corrected chi connectivity index (χ1v) is 8.26. The van der Waals surface area contributed by atoms with Gasteiger partial charge >= 0.3 is 0 Å². The van der Waals surface area contributed by atoms with E-state index in [-0.39, 0.29) is 18.6 Å². The highest BCUT2D eigenvalue weighted by molar-refractivity contribution is 5.96. The summed E-state index contributed by atoms with van der Waals surface area (Å²) in [6.45, 7) is 7.21. The van der Waals surface area contributed by atoms with Gasteiger partial charge in [-0.05, 0) is 31.5 Å². The molecule has 124 valence electrons. The maximum atomic E-state index is 12.6. The molecule has 1 amide bonds. The number of amides is 1. The average Bonchev–Trinajstić information content (AvgIpc) is 2.99. The van der Waals surface area contributed by atoms with E-state index in [1.54, 1.807) is 0 Å². The fourth-order valence-electron chi connectivity index (χ4n) is 3.22. The van der Waals surface area contributed by atoms with Crippen molar-refractivity contribution in [3.05, 3.63) is 35.6 Å². The van der Waals surface area contributed by atoms with Crippen molar-refractivity contribution in [2.24, 2.45) is 0 Å². The van der Waals surface area contributed by atoms with Crippen LogP contribution in [-0.2, 0) is 0 Å². The lowest BCUT2D eigenvalue weighted by molar-refractivity contribution is 0.0451. The number of carbonyl (C=O) groups is 1. The number of rotatable bonds is 4. The SMILES string of the molecule is CCC(CO)N1CCN(C(=O)c2cc3cc(C)ccc3o2)CC1. The van der Waals surface area contributed by atoms with Crippen LogP contribution in [0.5, 0.6) is 0 Å². The highest BCUT2D eigenvalue weighted by Gasteiger charge is 2.27. The van der Waals surface area contributed by atoms with Crippen molar-refractivity contribution < 1.29 is 14.3 Å². The molecule has 1 N–H and O–H groups in total. The first kappa shape index (κ1) is 16.0. The predicted octanol–water partition coefficient (Wildman–Crippen LogP) is 2.27. The Morgan fingerprint density at radius 1 is 1.26 bits per heavy atom. The number of hydrogen-bond donors (Lipinski definition) is 1. The summed E-state index contributed by atoms with van der Waals surface area (Å²) in [6, 6.07) is 7.95. The van der Waals surface area contributed by atoms with Crippen molar-refractivity contribution in [2.75, 3.05) is 32.8 Å². The fourth-order valence-corrected chi connectivity index (χ4v) is 3.22. The topological polar surface area (TPSA) is 56.9 Å². The predicted molar refractivity (Wildman–Crippen MR) is 89.6 cm³/mol. The highest BCUT2D eigenvalue weighted by atomic mass is 16.3. The lowest BCUT2D eigenvalue weighted by Gasteiger charge is -2.38. The molecule has 0 bridgehead atoms. The summed E-state index contributed by atoms with van der Waals surface area (Å²) >= 11 is 0. The van der Waals surface area contributed by atoms with Crippen LogP contribution in [0.4, 0.5) is 0 Å². The molecule has 5 heteroatoms. The normalized spacial score (nSPS) is 17.6. The Labute approximate surface area is 136 Å². The smallest absolute Gasteiger partial charge is 0.289 e. The number of furan rings is 1. The molecule has 1 unspecified atom stereocenters. The van der Waals surface area contributed by atoms with Crippen LogP contribution in [0.1, 0.15) is 29.5 Å². The monoisotopic (exact) mass is 316 g/mol. The van der Waals surface area contributed by atoms with Crippen molar-refractivity contribution in [3.8, 4) is 0 Å². The van der Waals surface area contributed by atoms with Crippen LogP contribution < -0.4 is 0 Å². The minimum absolute atomic E-state index is 0.0458. The minimum Gasteiger partial charge on any atom is -0.451 e. The van der Waals surface area contributed by atoms with Gasteiger partial charge in [0.25, 0.3) is 5.91 Å². The summed E-state index contributed by atoms with van der Waals surface area (Å²) in [4.78, 5) is 16.7. The third-order valence-corrected chi connectivity index (χ3v) is 4.68. The summed E-state index contributed by atoms with van der Waals surface area (Å²) in [5.41, 5.74) is 1.91. The van der Waals surface area contributed by atoms with Gasteiger partial charge in [-0.25, -0.2) is 0 Å². The van der Waals surface area contributed by atoms with E-state index in [2.05, 4.69) is 11.8 Å². The summed E-state index contributed by atoms with van der Waals surface area (Å²) < 4.78 is 5.71. The molecular weight excluding hydrogens is 292 g/mol. The molecule has 0 spiro atoms. The standard InChI is InChI=1S/C18H24N2O3/c1-3-15(12-21)19-6-8-20(9-7-19)18(22)17-11-14-10-13(2)4-5-16(14)23-17/h4-5,10-11,15,21H,3,6-9,12H2,1-2H3. The third kappa shape index (κ3) is 3.26. The number of carbonyl (C=O) groups excluding carboxylic acids is 1. The van der Waals surface area contributed by atoms with Gasteiger partial charge in [-0.1, -0.05) is 18.6 Å². The zero-order valence-electron chi connectivity index (χ0n) is 13.8. The van der Waals surface area contributed by atoms with Crippen molar-refractivity contribution in [3.63, 3.8) is 0 Å². The number of aliphatic hydroxyl groups excluding tert-OH is 1. The molecule has 1 fully saturated rings. The van der Waals surface area contributed by atoms with Crippen molar-refractivity contribution >= 4 is 16.9 Å². The van der Waals surface area contributed by atoms with Gasteiger partial charge in [-0.3, -0.25) is 9.69 Å². The van der Waals surface area contributed by atoms with Crippen LogP contribution in [0.2, 0.25) is 0 Å². The number of nitrogens with zero attached hydrogens (tertiary/aromatic N) is 2. The van der Waals surface area contributed by atoms with Crippen LogP contribution in [0.3, 0.4) is 0 Å². The molecule has 1 aliphatic rings. The third-order valence-electron chi connectivity index (χ3n) is 4.68. The number of hydrogen-bond acceptors (Lipinski definition) is 4. The van der Waals surface area contributed by atoms with Gasteiger partial charge in [-0.2, -0.15) is 0 Å². The van der Waals surface area contributed by atoms with E-state index < -0.39 is 0 Å². The van der Waals surface area contributed by atoms with Crippen LogP contribution in [0, 0.1) is 6.92 Å². The maximum Gasteiger partial charge on any atom is 0.289 e. The molecule has 3 rings (SSSR count). The van der Waals surface area contributed by atoms with Crippen LogP contribution in [0.25, 0.3) is 11.0 Å². The van der Waals surface area contributed by atoms with Crippen LogP contribution in [0.15, 0.2) is 28.7 Å². The van der Waals surface area contributed by atoms with E-state index in [1.807, 2.05) is 36.1 Å². The minimum atomic E-state index is -0.0458. The van der Waals surface area contributed by atoms with Crippen LogP contribution in [-0.4, -0.2) is 59.6 Å². The van der Waals surface area contributed by atoms with E-state index in [0.717, 1.165) is 36.0 Å². The van der Waals surface area contributed by atoms with E-state index in [1.165, 1.54) is 0 Å². The molecule has 0 aliphatic carbocycles. The van der Waals surface area contributed by atoms with E-state index >= 15 is 0 Å². The Kier molecular flexibility index (Phi) is 4.68. The van der Waals surface area contributed by atoms with Crippen LogP contribution >= 0.6 is 0 Å². The van der Waals surface area contributed by atoms with Gasteiger partial charge in [0.2, 0.25) is 0 Å². The van der Waals surface area contributed by atoms with Crippen molar-refractivity contribution in [1.82, 2.24) is 9.80 Å². The zero-order valence-corrected chi connectivity index (χ0v) is 13.8. The molecular formula is C18H24N2O3. The molecule has 2 heterocycles. The quantitative estimate of drug-likeness (QED) is 0.940. The molecule has 0 saturated carbocycles. The Morgan fingerprint density at radius 2 is 2.00 bits per heavy atom. The Morgan fingerprint density at radius 3 is 2.65 bits per heavy atom. The van der Waals surface area contributed by atoms with E-state index in [0.29, 0.717) is 18.8 Å². The number of aryl methyl sites for hydroxylation is 1. The Hall–Kier alpha value is -1.85. The second-order valence-electron chi connectivity index (χ2n) is 6.22. The first-order valence-electron chi connectivity index (χ1n) is 8.26. The molecule has 1 aromatic carbocycles. The Balaban J connectivity index is 1.69. The number of benzene rings is 1. The average molecular weight is 316 g/mol. The summed E-state index contributed by atoms with van der Waals surface area (Å²) in [5.74, 6) is 0.365. The van der Waals surface area contributed by atoms with E-state index in [9.17, 15) is 9.90 Å². The molecule has 0 radical (unpaired) electrons. The number of fused-ring (bicyclic) bond motifs is 1. The van der Waals surface area contributed by atoms with E-state index in [4.69, 9.17) is 4.42 Å². The van der Waals surface area contributed by atoms with Gasteiger partial charge in [0, 0.05) is 37.6 Å². The number of piperazine rings is 1. The Bertz CT molecular complexity index is 683. The molecule has 1 saturated heterocycles. The summed E-state index contributed by atoms with van der Waals surface area (Å²) in [6.07, 6.45) is 0.924. The zero-order chi connectivity index (χ0) is 16.4. The lowest BCUT2D eigenvalue weighted by atomic mass is 10.1. The van der Waals surface area contributed by atoms with Gasteiger partial charge in [0.15, 0.2) is 5.76 Å². The molecule has 2 aromatic rings. The highest BCUT2D eigenvalue weighted by Crippen LogP contribution is 2.22. The fraction of sp³-hybridized carbons (Fsp3) is 0.500. The van der Waals surface area contributed by atoms with Gasteiger partial charge < -0.3 is 14.4 Å². The first-order chi connectivity index (χ1) is 11.1. The number of aliphatic hydroxyl groups is 1. The van der Waals surface area contributed by atoms with Gasteiger partial charge in [0.05, 0.1) is 6.61 Å². The molecule has 23 heavy (non-hydrogen) atoms. The lowest BCUT2D eigenvalue weighted by Crippen LogP contribution is -2.52.